The summed E-state index contributed by atoms with van der Waals surface area (Å²) in [5.74, 6) is 0.791. The molecule has 2 aromatic rings. The Kier molecular flexibility index (Phi) is 5.30. The van der Waals surface area contributed by atoms with Crippen LogP contribution in [0.4, 0.5) is 5.69 Å². The second-order valence-electron chi connectivity index (χ2n) is 7.71. The molecule has 0 saturated carbocycles. The molecule has 152 valence electrons. The van der Waals surface area contributed by atoms with Crippen molar-refractivity contribution >= 4 is 17.5 Å². The second kappa shape index (κ2) is 7.89. The predicted molar refractivity (Wildman–Crippen MR) is 113 cm³/mol. The molecule has 2 heterocycles. The molecule has 0 radical (unpaired) electrons. The van der Waals surface area contributed by atoms with Gasteiger partial charge in [0.05, 0.1) is 24.3 Å². The number of aryl methyl sites for hydroxylation is 1. The number of fused-ring (bicyclic) bond motifs is 1. The van der Waals surface area contributed by atoms with E-state index in [1.807, 2.05) is 50.2 Å². The van der Waals surface area contributed by atoms with Crippen LogP contribution >= 0.6 is 0 Å². The topological polar surface area (TPSA) is 62.2 Å². The van der Waals surface area contributed by atoms with Gasteiger partial charge in [-0.05, 0) is 42.3 Å². The van der Waals surface area contributed by atoms with Gasteiger partial charge in [-0.25, -0.2) is 0 Å². The maximum absolute atomic E-state index is 13.0. The quantitative estimate of drug-likeness (QED) is 0.804. The van der Waals surface area contributed by atoms with Crippen LogP contribution in [0.2, 0.25) is 0 Å². The van der Waals surface area contributed by atoms with E-state index in [-0.39, 0.29) is 17.3 Å². The zero-order chi connectivity index (χ0) is 20.5. The first-order chi connectivity index (χ1) is 13.9. The molecule has 1 fully saturated rings. The number of benzene rings is 2. The molecule has 2 aliphatic heterocycles. The van der Waals surface area contributed by atoms with Crippen LogP contribution in [0, 0.1) is 6.92 Å². The number of phenols is 1. The van der Waals surface area contributed by atoms with E-state index in [0.717, 1.165) is 29.9 Å². The molecule has 6 heteroatoms. The number of rotatable bonds is 4. The lowest BCUT2D eigenvalue weighted by molar-refractivity contribution is 0.0336. The van der Waals surface area contributed by atoms with Crippen LogP contribution in [0.15, 0.2) is 36.1 Å². The number of Topliss-reactive ketones (excluding diaryl/α,β-unsaturated/α-hetero) is 1. The normalized spacial score (nSPS) is 18.0. The molecular weight excluding hydrogens is 368 g/mol. The molecular formula is C23H26N2O4. The number of ether oxygens (including phenoxy) is 2. The lowest BCUT2D eigenvalue weighted by Crippen LogP contribution is -2.35. The van der Waals surface area contributed by atoms with Crippen LogP contribution in [0.1, 0.15) is 27.0 Å². The molecule has 29 heavy (non-hydrogen) atoms. The third-order valence-corrected chi connectivity index (χ3v) is 5.41. The number of hydrogen-bond acceptors (Lipinski definition) is 6. The van der Waals surface area contributed by atoms with E-state index >= 15 is 0 Å². The number of phenolic OH excluding ortho intramolecular Hbond substituents is 1. The highest BCUT2D eigenvalue weighted by Gasteiger charge is 2.33. The van der Waals surface area contributed by atoms with Gasteiger partial charge in [-0.1, -0.05) is 12.1 Å². The smallest absolute Gasteiger partial charge is 0.232 e. The summed E-state index contributed by atoms with van der Waals surface area (Å²) in [6.07, 6.45) is 1.76. The van der Waals surface area contributed by atoms with Crippen molar-refractivity contribution in [3.05, 3.63) is 58.3 Å². The monoisotopic (exact) mass is 394 g/mol. The largest absolute Gasteiger partial charge is 0.507 e. The molecule has 0 bridgehead atoms. The van der Waals surface area contributed by atoms with E-state index in [9.17, 15) is 9.90 Å². The summed E-state index contributed by atoms with van der Waals surface area (Å²) in [7, 11) is 3.97. The van der Waals surface area contributed by atoms with Crippen molar-refractivity contribution in [3.63, 3.8) is 0 Å². The minimum atomic E-state index is -0.141. The second-order valence-corrected chi connectivity index (χ2v) is 7.71. The molecule has 1 saturated heterocycles. The van der Waals surface area contributed by atoms with Crippen molar-refractivity contribution in [1.29, 1.82) is 0 Å². The van der Waals surface area contributed by atoms with Gasteiger partial charge in [0.25, 0.3) is 0 Å². The summed E-state index contributed by atoms with van der Waals surface area (Å²) < 4.78 is 11.4. The number of ketones is 1. The molecule has 0 atom stereocenters. The Hall–Kier alpha value is -2.83. The van der Waals surface area contributed by atoms with Crippen molar-refractivity contribution < 1.29 is 19.4 Å². The Morgan fingerprint density at radius 3 is 2.52 bits per heavy atom. The molecule has 0 amide bonds. The number of aromatic hydroxyl groups is 1. The van der Waals surface area contributed by atoms with Crippen molar-refractivity contribution in [2.24, 2.45) is 0 Å². The summed E-state index contributed by atoms with van der Waals surface area (Å²) >= 11 is 0. The Morgan fingerprint density at radius 2 is 1.86 bits per heavy atom. The van der Waals surface area contributed by atoms with Gasteiger partial charge in [-0.15, -0.1) is 0 Å². The van der Waals surface area contributed by atoms with Gasteiger partial charge >= 0.3 is 0 Å². The molecule has 2 aliphatic rings. The van der Waals surface area contributed by atoms with E-state index in [1.54, 1.807) is 12.1 Å². The van der Waals surface area contributed by atoms with Crippen LogP contribution in [-0.4, -0.2) is 56.2 Å². The highest BCUT2D eigenvalue weighted by atomic mass is 16.5. The van der Waals surface area contributed by atoms with Crippen LogP contribution < -0.4 is 9.64 Å². The fourth-order valence-corrected chi connectivity index (χ4v) is 3.74. The summed E-state index contributed by atoms with van der Waals surface area (Å²) in [4.78, 5) is 17.3. The standard InChI is InChI=1S/C23H26N2O4/c1-15-12-19(26)18(14-25-8-10-28-11-9-25)23-21(15)22(27)20(29-23)13-16-4-6-17(7-5-16)24(2)3/h4-7,12-13,26H,8-11,14H2,1-3H3/b20-13-. The van der Waals surface area contributed by atoms with Crippen LogP contribution in [0.5, 0.6) is 11.5 Å². The average Bonchev–Trinajstić information content (AvgIpc) is 3.03. The number of anilines is 1. The molecule has 1 N–H and O–H groups in total. The molecule has 2 aromatic carbocycles. The molecule has 6 nitrogen and oxygen atoms in total. The maximum atomic E-state index is 13.0. The maximum Gasteiger partial charge on any atom is 0.232 e. The summed E-state index contributed by atoms with van der Waals surface area (Å²) in [5, 5.41) is 10.6. The first-order valence-corrected chi connectivity index (χ1v) is 9.81. The Bertz CT molecular complexity index is 958. The SMILES string of the molecule is Cc1cc(O)c(CN2CCOCC2)c2c1C(=O)/C(=C/c1ccc(N(C)C)cc1)O2. The number of carbonyl (C=O) groups excluding carboxylic acids is 1. The van der Waals surface area contributed by atoms with Crippen LogP contribution in [-0.2, 0) is 11.3 Å². The van der Waals surface area contributed by atoms with Gasteiger partial charge in [0.1, 0.15) is 11.5 Å². The zero-order valence-corrected chi connectivity index (χ0v) is 17.1. The van der Waals surface area contributed by atoms with Gasteiger partial charge in [0.2, 0.25) is 5.78 Å². The summed E-state index contributed by atoms with van der Waals surface area (Å²) in [6.45, 7) is 5.27. The molecule has 0 spiro atoms. The number of nitrogens with zero attached hydrogens (tertiary/aromatic N) is 2. The molecule has 0 aliphatic carbocycles. The van der Waals surface area contributed by atoms with E-state index in [1.165, 1.54) is 0 Å². The number of carbonyl (C=O) groups is 1. The van der Waals surface area contributed by atoms with Crippen molar-refractivity contribution in [1.82, 2.24) is 4.90 Å². The lowest BCUT2D eigenvalue weighted by Gasteiger charge is -2.27. The van der Waals surface area contributed by atoms with Crippen molar-refractivity contribution in [2.45, 2.75) is 13.5 Å². The highest BCUT2D eigenvalue weighted by molar-refractivity contribution is 6.15. The fraction of sp³-hybridized carbons (Fsp3) is 0.348. The van der Waals surface area contributed by atoms with Crippen LogP contribution in [0.3, 0.4) is 0 Å². The van der Waals surface area contributed by atoms with E-state index in [0.29, 0.717) is 36.6 Å². The van der Waals surface area contributed by atoms with Crippen molar-refractivity contribution in [2.75, 3.05) is 45.3 Å². The minimum Gasteiger partial charge on any atom is -0.507 e. The van der Waals surface area contributed by atoms with Crippen molar-refractivity contribution in [3.8, 4) is 11.5 Å². The van der Waals surface area contributed by atoms with Gasteiger partial charge < -0.3 is 19.5 Å². The van der Waals surface area contributed by atoms with Gasteiger partial charge in [-0.2, -0.15) is 0 Å². The first kappa shape index (κ1) is 19.5. The molecule has 0 aromatic heterocycles. The Labute approximate surface area is 171 Å². The number of morpholine rings is 1. The van der Waals surface area contributed by atoms with Gasteiger partial charge in [-0.3, -0.25) is 9.69 Å². The molecule has 0 unspecified atom stereocenters. The predicted octanol–water partition coefficient (Wildman–Crippen LogP) is 3.22. The minimum absolute atomic E-state index is 0.141. The van der Waals surface area contributed by atoms with Gasteiger partial charge in [0.15, 0.2) is 5.76 Å². The van der Waals surface area contributed by atoms with E-state index < -0.39 is 0 Å². The third kappa shape index (κ3) is 3.86. The Balaban J connectivity index is 1.66. The van der Waals surface area contributed by atoms with E-state index in [2.05, 4.69) is 4.90 Å². The van der Waals surface area contributed by atoms with E-state index in [4.69, 9.17) is 9.47 Å². The lowest BCUT2D eigenvalue weighted by atomic mass is 9.99. The Morgan fingerprint density at radius 1 is 1.17 bits per heavy atom. The summed E-state index contributed by atoms with van der Waals surface area (Å²) in [5.41, 5.74) is 3.90. The zero-order valence-electron chi connectivity index (χ0n) is 17.1. The average molecular weight is 394 g/mol. The third-order valence-electron chi connectivity index (χ3n) is 5.41. The van der Waals surface area contributed by atoms with Gasteiger partial charge in [0, 0.05) is 39.4 Å². The first-order valence-electron chi connectivity index (χ1n) is 9.81. The highest BCUT2D eigenvalue weighted by Crippen LogP contribution is 2.42. The van der Waals surface area contributed by atoms with Crippen LogP contribution in [0.25, 0.3) is 6.08 Å². The number of hydrogen-bond donors (Lipinski definition) is 1. The fourth-order valence-electron chi connectivity index (χ4n) is 3.74. The summed E-state index contributed by atoms with van der Waals surface area (Å²) in [6, 6.07) is 9.58. The molecule has 4 rings (SSSR count). The number of allylic oxidation sites excluding steroid dienone is 1.